The highest BCUT2D eigenvalue weighted by atomic mass is 35.5. The fourth-order valence-electron chi connectivity index (χ4n) is 1.99. The number of nitrogens with zero attached hydrogens (tertiary/aromatic N) is 2. The van der Waals surface area contributed by atoms with Crippen molar-refractivity contribution in [3.8, 4) is 0 Å². The molecule has 114 valence electrons. The Labute approximate surface area is 136 Å². The molecule has 0 radical (unpaired) electrons. The van der Waals surface area contributed by atoms with Crippen molar-refractivity contribution < 1.29 is 9.18 Å². The van der Waals surface area contributed by atoms with E-state index < -0.39 is 11.7 Å². The number of hydrogen-bond donors (Lipinski definition) is 1. The summed E-state index contributed by atoms with van der Waals surface area (Å²) in [7, 11) is 0. The molecule has 0 fully saturated rings. The number of halogens is 2. The number of amides is 1. The Bertz CT molecular complexity index is 911. The van der Waals surface area contributed by atoms with Crippen LogP contribution in [0.1, 0.15) is 5.69 Å². The van der Waals surface area contributed by atoms with Gasteiger partial charge in [0.05, 0.1) is 33.6 Å². The number of rotatable bonds is 3. The molecule has 1 amide bonds. The average Bonchev–Trinajstić information content (AvgIpc) is 2.57. The van der Waals surface area contributed by atoms with Gasteiger partial charge in [0.1, 0.15) is 0 Å². The van der Waals surface area contributed by atoms with E-state index in [9.17, 15) is 9.18 Å². The van der Waals surface area contributed by atoms with E-state index in [2.05, 4.69) is 15.3 Å². The molecule has 0 atom stereocenters. The Kier molecular flexibility index (Phi) is 4.30. The van der Waals surface area contributed by atoms with Gasteiger partial charge in [-0.25, -0.2) is 9.37 Å². The summed E-state index contributed by atoms with van der Waals surface area (Å²) in [6, 6.07) is 11.8. The summed E-state index contributed by atoms with van der Waals surface area (Å²) in [5, 5.41) is 2.38. The third-order valence-electron chi connectivity index (χ3n) is 3.08. The summed E-state index contributed by atoms with van der Waals surface area (Å²) in [5.41, 5.74) is 2.06. The quantitative estimate of drug-likeness (QED) is 0.738. The second kappa shape index (κ2) is 6.54. The van der Waals surface area contributed by atoms with Crippen LogP contribution in [0.4, 0.5) is 10.1 Å². The van der Waals surface area contributed by atoms with Crippen LogP contribution in [0.15, 0.2) is 54.7 Å². The third kappa shape index (κ3) is 3.52. The lowest BCUT2D eigenvalue weighted by Crippen LogP contribution is -2.09. The van der Waals surface area contributed by atoms with Crippen molar-refractivity contribution in [2.75, 3.05) is 5.32 Å². The monoisotopic (exact) mass is 327 g/mol. The molecule has 0 aliphatic rings. The van der Waals surface area contributed by atoms with Gasteiger partial charge in [-0.1, -0.05) is 29.8 Å². The van der Waals surface area contributed by atoms with Gasteiger partial charge >= 0.3 is 0 Å². The van der Waals surface area contributed by atoms with E-state index in [1.54, 1.807) is 12.3 Å². The number of fused-ring (bicyclic) bond motifs is 1. The van der Waals surface area contributed by atoms with E-state index in [-0.39, 0.29) is 10.7 Å². The molecule has 23 heavy (non-hydrogen) atoms. The van der Waals surface area contributed by atoms with Crippen LogP contribution in [0.3, 0.4) is 0 Å². The maximum Gasteiger partial charge on any atom is 0.248 e. The van der Waals surface area contributed by atoms with E-state index in [1.165, 1.54) is 24.3 Å². The highest BCUT2D eigenvalue weighted by Crippen LogP contribution is 2.21. The predicted octanol–water partition coefficient (Wildman–Crippen LogP) is 4.07. The van der Waals surface area contributed by atoms with Crippen LogP contribution in [0.25, 0.3) is 17.1 Å². The van der Waals surface area contributed by atoms with E-state index >= 15 is 0 Å². The molecular formula is C17H11ClFN3O. The minimum atomic E-state index is -0.665. The number of anilines is 1. The van der Waals surface area contributed by atoms with Crippen LogP contribution in [-0.2, 0) is 4.79 Å². The molecule has 3 aromatic rings. The van der Waals surface area contributed by atoms with E-state index in [0.717, 1.165) is 11.0 Å². The average molecular weight is 328 g/mol. The second-order valence-electron chi connectivity index (χ2n) is 4.71. The van der Waals surface area contributed by atoms with Crippen molar-refractivity contribution in [2.24, 2.45) is 0 Å². The van der Waals surface area contributed by atoms with Gasteiger partial charge in [0.2, 0.25) is 5.91 Å². The molecule has 0 unspecified atom stereocenters. The zero-order valence-corrected chi connectivity index (χ0v) is 12.6. The molecule has 4 nitrogen and oxygen atoms in total. The Morgan fingerprint density at radius 2 is 1.91 bits per heavy atom. The molecule has 1 aromatic heterocycles. The maximum absolute atomic E-state index is 13.7. The number of aromatic nitrogens is 2. The first kappa shape index (κ1) is 15.1. The number of nitrogens with one attached hydrogen (secondary N) is 1. The Morgan fingerprint density at radius 1 is 1.13 bits per heavy atom. The van der Waals surface area contributed by atoms with Gasteiger partial charge in [0, 0.05) is 6.08 Å². The van der Waals surface area contributed by atoms with Gasteiger partial charge in [-0.3, -0.25) is 9.78 Å². The molecule has 0 aliphatic heterocycles. The first-order valence-corrected chi connectivity index (χ1v) is 7.16. The van der Waals surface area contributed by atoms with E-state index in [4.69, 9.17) is 11.6 Å². The fourth-order valence-corrected chi connectivity index (χ4v) is 2.16. The fraction of sp³-hybridized carbons (Fsp3) is 0. The SMILES string of the molecule is O=C(C=Cc1cnc2ccccc2n1)Nc1cccc(Cl)c1F. The summed E-state index contributed by atoms with van der Waals surface area (Å²) in [6.45, 7) is 0. The van der Waals surface area contributed by atoms with Gasteiger partial charge in [-0.2, -0.15) is 0 Å². The normalized spacial score (nSPS) is 11.0. The molecule has 6 heteroatoms. The smallest absolute Gasteiger partial charge is 0.248 e. The zero-order chi connectivity index (χ0) is 16.2. The third-order valence-corrected chi connectivity index (χ3v) is 3.37. The first-order chi connectivity index (χ1) is 11.1. The minimum absolute atomic E-state index is 0.0248. The summed E-state index contributed by atoms with van der Waals surface area (Å²) < 4.78 is 13.7. The number of carbonyl (C=O) groups is 1. The zero-order valence-electron chi connectivity index (χ0n) is 11.8. The van der Waals surface area contributed by atoms with Crippen LogP contribution in [0.5, 0.6) is 0 Å². The van der Waals surface area contributed by atoms with Crippen molar-refractivity contribution in [1.29, 1.82) is 0 Å². The van der Waals surface area contributed by atoms with Crippen LogP contribution < -0.4 is 5.32 Å². The standard InChI is InChI=1S/C17H11ClFN3O/c18-12-4-3-7-15(17(12)19)22-16(23)9-8-11-10-20-13-5-1-2-6-14(13)21-11/h1-10H,(H,22,23). The molecule has 0 saturated carbocycles. The largest absolute Gasteiger partial charge is 0.320 e. The molecule has 2 aromatic carbocycles. The molecule has 0 saturated heterocycles. The predicted molar refractivity (Wildman–Crippen MR) is 88.6 cm³/mol. The number of carbonyl (C=O) groups excluding carboxylic acids is 1. The number of para-hydroxylation sites is 2. The highest BCUT2D eigenvalue weighted by molar-refractivity contribution is 6.31. The lowest BCUT2D eigenvalue weighted by Gasteiger charge is -2.04. The van der Waals surface area contributed by atoms with Crippen molar-refractivity contribution >= 4 is 40.3 Å². The van der Waals surface area contributed by atoms with Gasteiger partial charge in [0.15, 0.2) is 5.82 Å². The van der Waals surface area contributed by atoms with E-state index in [0.29, 0.717) is 5.69 Å². The molecule has 3 rings (SSSR count). The summed E-state index contributed by atoms with van der Waals surface area (Å²) in [5.74, 6) is -1.15. The number of hydrogen-bond acceptors (Lipinski definition) is 3. The summed E-state index contributed by atoms with van der Waals surface area (Å²) >= 11 is 5.66. The molecule has 0 bridgehead atoms. The first-order valence-electron chi connectivity index (χ1n) is 6.78. The van der Waals surface area contributed by atoms with Gasteiger partial charge in [0.25, 0.3) is 0 Å². The summed E-state index contributed by atoms with van der Waals surface area (Å²) in [4.78, 5) is 20.5. The van der Waals surface area contributed by atoms with Crippen LogP contribution >= 0.6 is 11.6 Å². The molecule has 1 N–H and O–H groups in total. The van der Waals surface area contributed by atoms with Crippen molar-refractivity contribution in [2.45, 2.75) is 0 Å². The number of benzene rings is 2. The lowest BCUT2D eigenvalue weighted by molar-refractivity contribution is -0.111. The molecule has 0 aliphatic carbocycles. The Balaban J connectivity index is 1.75. The highest BCUT2D eigenvalue weighted by Gasteiger charge is 2.07. The Hall–Kier alpha value is -2.79. The van der Waals surface area contributed by atoms with E-state index in [1.807, 2.05) is 24.3 Å². The maximum atomic E-state index is 13.7. The second-order valence-corrected chi connectivity index (χ2v) is 5.11. The topological polar surface area (TPSA) is 54.9 Å². The van der Waals surface area contributed by atoms with Crippen LogP contribution in [0, 0.1) is 5.82 Å². The molecule has 1 heterocycles. The van der Waals surface area contributed by atoms with Crippen molar-refractivity contribution in [3.05, 3.63) is 71.3 Å². The van der Waals surface area contributed by atoms with Crippen LogP contribution in [0.2, 0.25) is 5.02 Å². The van der Waals surface area contributed by atoms with Crippen molar-refractivity contribution in [1.82, 2.24) is 9.97 Å². The van der Waals surface area contributed by atoms with Gasteiger partial charge < -0.3 is 5.32 Å². The summed E-state index contributed by atoms with van der Waals surface area (Å²) in [6.07, 6.45) is 4.34. The van der Waals surface area contributed by atoms with Crippen LogP contribution in [-0.4, -0.2) is 15.9 Å². The molecule has 0 spiro atoms. The lowest BCUT2D eigenvalue weighted by atomic mass is 10.3. The Morgan fingerprint density at radius 3 is 2.74 bits per heavy atom. The molecular weight excluding hydrogens is 317 g/mol. The minimum Gasteiger partial charge on any atom is -0.320 e. The van der Waals surface area contributed by atoms with Crippen molar-refractivity contribution in [3.63, 3.8) is 0 Å². The van der Waals surface area contributed by atoms with Gasteiger partial charge in [-0.05, 0) is 30.3 Å². The van der Waals surface area contributed by atoms with Gasteiger partial charge in [-0.15, -0.1) is 0 Å².